The maximum atomic E-state index is 12.7. The number of benzene rings is 2. The summed E-state index contributed by atoms with van der Waals surface area (Å²) >= 11 is 0. The number of Topliss-reactive ketones (excluding diaryl/α,β-unsaturated/α-hetero) is 3. The largest absolute Gasteiger partial charge is 0.300 e. The van der Waals surface area contributed by atoms with Crippen molar-refractivity contribution in [2.24, 2.45) is 17.8 Å². The third kappa shape index (κ3) is 10.2. The van der Waals surface area contributed by atoms with Gasteiger partial charge in [-0.1, -0.05) is 88.9 Å². The van der Waals surface area contributed by atoms with Gasteiger partial charge in [0.25, 0.3) is 0 Å². The van der Waals surface area contributed by atoms with E-state index in [2.05, 4.69) is 58.9 Å². The van der Waals surface area contributed by atoms with Crippen molar-refractivity contribution in [3.63, 3.8) is 0 Å². The topological polar surface area (TPSA) is 51.2 Å². The van der Waals surface area contributed by atoms with Gasteiger partial charge in [0.15, 0.2) is 5.78 Å². The molecule has 2 aromatic rings. The van der Waals surface area contributed by atoms with Crippen LogP contribution < -0.4 is 0 Å². The van der Waals surface area contributed by atoms with Gasteiger partial charge in [-0.05, 0) is 92.9 Å². The van der Waals surface area contributed by atoms with E-state index in [1.165, 1.54) is 38.2 Å². The summed E-state index contributed by atoms with van der Waals surface area (Å²) < 4.78 is 0. The first-order chi connectivity index (χ1) is 18.6. The summed E-state index contributed by atoms with van der Waals surface area (Å²) in [5.74, 6) is 1.27. The molecule has 0 spiro atoms. The average molecular weight is 533 g/mol. The lowest BCUT2D eigenvalue weighted by Crippen LogP contribution is -2.27. The number of aryl methyl sites for hydroxylation is 4. The normalized spacial score (nSPS) is 16.3. The van der Waals surface area contributed by atoms with E-state index in [0.717, 1.165) is 42.4 Å². The fourth-order valence-electron chi connectivity index (χ4n) is 6.38. The van der Waals surface area contributed by atoms with Crippen LogP contribution in [0.3, 0.4) is 0 Å². The first-order valence-corrected chi connectivity index (χ1v) is 15.3. The Morgan fingerprint density at radius 2 is 1.54 bits per heavy atom. The van der Waals surface area contributed by atoms with E-state index in [-0.39, 0.29) is 29.7 Å². The van der Waals surface area contributed by atoms with E-state index < -0.39 is 0 Å². The molecule has 0 saturated heterocycles. The van der Waals surface area contributed by atoms with Gasteiger partial charge in [0.1, 0.15) is 11.6 Å². The van der Waals surface area contributed by atoms with Crippen LogP contribution >= 0.6 is 0 Å². The standard InChI is InChI=1S/C23H32O3.C10H12.C3H8/c1-5-18(6-2)20(14-21(25)10-16(4)24)12-17-11-19-9-7-8-15(3)23(19)22(26)13-17;1-8-5-6-9-3-2-4-10(9)7-8;1-3-2/h7-9,17-18,20H,5-6,10-14H2,1-4H3;5-7H,2-4H2,1H3;3H2,1-2H3. The molecule has 0 N–H and O–H groups in total. The third-order valence-corrected chi connectivity index (χ3v) is 8.16. The smallest absolute Gasteiger partial charge is 0.163 e. The first-order valence-electron chi connectivity index (χ1n) is 15.3. The van der Waals surface area contributed by atoms with Crippen molar-refractivity contribution >= 4 is 17.3 Å². The predicted octanol–water partition coefficient (Wildman–Crippen LogP) is 9.02. The second kappa shape index (κ2) is 16.5. The Morgan fingerprint density at radius 3 is 2.18 bits per heavy atom. The van der Waals surface area contributed by atoms with Crippen LogP contribution in [0, 0.1) is 31.6 Å². The molecule has 0 fully saturated rings. The quantitative estimate of drug-likeness (QED) is 0.303. The molecule has 2 atom stereocenters. The van der Waals surface area contributed by atoms with E-state index in [1.807, 2.05) is 19.1 Å². The number of fused-ring (bicyclic) bond motifs is 2. The summed E-state index contributed by atoms with van der Waals surface area (Å²) in [5.41, 5.74) is 7.70. The van der Waals surface area contributed by atoms with Crippen molar-refractivity contribution in [1.82, 2.24) is 0 Å². The van der Waals surface area contributed by atoms with E-state index in [9.17, 15) is 14.4 Å². The molecule has 3 heteroatoms. The highest BCUT2D eigenvalue weighted by Gasteiger charge is 2.31. The van der Waals surface area contributed by atoms with Gasteiger partial charge in [0.05, 0.1) is 6.42 Å². The van der Waals surface area contributed by atoms with Gasteiger partial charge in [-0.25, -0.2) is 0 Å². The van der Waals surface area contributed by atoms with Gasteiger partial charge in [-0.3, -0.25) is 14.4 Å². The molecule has 2 aliphatic rings. The highest BCUT2D eigenvalue weighted by atomic mass is 16.1. The molecule has 3 nitrogen and oxygen atoms in total. The minimum absolute atomic E-state index is 0.0439. The summed E-state index contributed by atoms with van der Waals surface area (Å²) in [6.07, 6.45) is 10.2. The molecule has 0 saturated carbocycles. The van der Waals surface area contributed by atoms with Crippen molar-refractivity contribution in [1.29, 1.82) is 0 Å². The number of hydrogen-bond donors (Lipinski definition) is 0. The molecular formula is C36H52O3. The van der Waals surface area contributed by atoms with Gasteiger partial charge in [0, 0.05) is 18.4 Å². The van der Waals surface area contributed by atoms with Crippen LogP contribution in [-0.2, 0) is 28.9 Å². The number of carbonyl (C=O) groups is 3. The van der Waals surface area contributed by atoms with Crippen LogP contribution in [0.4, 0.5) is 0 Å². The zero-order valence-corrected chi connectivity index (χ0v) is 25.7. The summed E-state index contributed by atoms with van der Waals surface area (Å²) in [6, 6.07) is 12.9. The molecule has 0 aromatic heterocycles. The van der Waals surface area contributed by atoms with Gasteiger partial charge in [-0.15, -0.1) is 0 Å². The zero-order valence-electron chi connectivity index (χ0n) is 25.7. The zero-order chi connectivity index (χ0) is 28.9. The van der Waals surface area contributed by atoms with E-state index in [4.69, 9.17) is 0 Å². The Hall–Kier alpha value is -2.55. The van der Waals surface area contributed by atoms with Gasteiger partial charge in [-0.2, -0.15) is 0 Å². The third-order valence-electron chi connectivity index (χ3n) is 8.16. The summed E-state index contributed by atoms with van der Waals surface area (Å²) in [6.45, 7) is 14.2. The van der Waals surface area contributed by atoms with E-state index >= 15 is 0 Å². The fourth-order valence-corrected chi connectivity index (χ4v) is 6.38. The highest BCUT2D eigenvalue weighted by molar-refractivity contribution is 6.00. The van der Waals surface area contributed by atoms with Crippen LogP contribution in [0.2, 0.25) is 0 Å². The van der Waals surface area contributed by atoms with Gasteiger partial charge in [0.2, 0.25) is 0 Å². The number of ketones is 3. The van der Waals surface area contributed by atoms with Crippen LogP contribution in [0.15, 0.2) is 36.4 Å². The minimum atomic E-state index is -0.0597. The first kappa shape index (κ1) is 32.7. The SMILES string of the molecule is CCC.CCC(CC)C(CC(=O)CC(C)=O)CC1CC(=O)c2c(C)cccc2C1.Cc1ccc2c(c1)CCC2. The highest BCUT2D eigenvalue weighted by Crippen LogP contribution is 2.36. The molecule has 0 radical (unpaired) electrons. The molecule has 214 valence electrons. The maximum absolute atomic E-state index is 12.7. The average Bonchev–Trinajstić information content (AvgIpc) is 3.33. The van der Waals surface area contributed by atoms with Crippen molar-refractivity contribution in [2.75, 3.05) is 0 Å². The molecule has 2 aliphatic carbocycles. The molecule has 4 rings (SSSR count). The van der Waals surface area contributed by atoms with Gasteiger partial charge >= 0.3 is 0 Å². The predicted molar refractivity (Wildman–Crippen MR) is 164 cm³/mol. The molecular weight excluding hydrogens is 480 g/mol. The van der Waals surface area contributed by atoms with Gasteiger partial charge < -0.3 is 0 Å². The van der Waals surface area contributed by atoms with Crippen molar-refractivity contribution in [3.05, 3.63) is 69.8 Å². The molecule has 0 aliphatic heterocycles. The Balaban J connectivity index is 0.000000335. The molecule has 2 aromatic carbocycles. The second-order valence-corrected chi connectivity index (χ2v) is 11.8. The lowest BCUT2D eigenvalue weighted by atomic mass is 9.72. The molecule has 2 unspecified atom stereocenters. The maximum Gasteiger partial charge on any atom is 0.163 e. The van der Waals surface area contributed by atoms with E-state index in [1.54, 1.807) is 11.1 Å². The molecule has 0 amide bonds. The Kier molecular flexibility index (Phi) is 13.8. The summed E-state index contributed by atoms with van der Waals surface area (Å²) in [7, 11) is 0. The van der Waals surface area contributed by atoms with Crippen LogP contribution in [0.1, 0.15) is 124 Å². The minimum Gasteiger partial charge on any atom is -0.300 e. The van der Waals surface area contributed by atoms with Crippen molar-refractivity contribution < 1.29 is 14.4 Å². The molecule has 39 heavy (non-hydrogen) atoms. The second-order valence-electron chi connectivity index (χ2n) is 11.8. The van der Waals surface area contributed by atoms with Crippen LogP contribution in [0.25, 0.3) is 0 Å². The number of hydrogen-bond acceptors (Lipinski definition) is 3. The number of rotatable bonds is 9. The lowest BCUT2D eigenvalue weighted by molar-refractivity contribution is -0.126. The Labute approximate surface area is 238 Å². The van der Waals surface area contributed by atoms with Crippen molar-refractivity contribution in [2.45, 2.75) is 119 Å². The number of carbonyl (C=O) groups excluding carboxylic acids is 3. The van der Waals surface area contributed by atoms with Crippen LogP contribution in [0.5, 0.6) is 0 Å². The lowest BCUT2D eigenvalue weighted by Gasteiger charge is -2.31. The monoisotopic (exact) mass is 532 g/mol. The molecule has 0 heterocycles. The van der Waals surface area contributed by atoms with Crippen molar-refractivity contribution in [3.8, 4) is 0 Å². The van der Waals surface area contributed by atoms with E-state index in [0.29, 0.717) is 24.7 Å². The fraction of sp³-hybridized carbons (Fsp3) is 0.583. The summed E-state index contributed by atoms with van der Waals surface area (Å²) in [5, 5.41) is 0. The Morgan fingerprint density at radius 1 is 0.872 bits per heavy atom. The van der Waals surface area contributed by atoms with Crippen LogP contribution in [-0.4, -0.2) is 17.3 Å². The molecule has 0 bridgehead atoms. The Bertz CT molecular complexity index is 1090. The summed E-state index contributed by atoms with van der Waals surface area (Å²) in [4.78, 5) is 36.2.